The summed E-state index contributed by atoms with van der Waals surface area (Å²) in [5.74, 6) is -0.172. The molecule has 0 spiro atoms. The number of aliphatic hydroxyl groups is 1. The minimum Gasteiger partial charge on any atom is -0.756 e. The Morgan fingerprint density at radius 3 is 1.10 bits per heavy atom. The molecule has 0 heterocycles. The molecule has 0 radical (unpaired) electrons. The van der Waals surface area contributed by atoms with Crippen LogP contribution in [0.3, 0.4) is 0 Å². The summed E-state index contributed by atoms with van der Waals surface area (Å²) in [4.78, 5) is 25.6. The normalized spacial score (nSPS) is 14.4. The molecule has 0 aliphatic heterocycles. The Labute approximate surface area is 501 Å². The van der Waals surface area contributed by atoms with Crippen molar-refractivity contribution in [3.05, 3.63) is 109 Å². The highest BCUT2D eigenvalue weighted by Crippen LogP contribution is 2.38. The first-order valence-corrected chi connectivity index (χ1v) is 35.2. The van der Waals surface area contributed by atoms with E-state index in [1.54, 1.807) is 0 Å². The Morgan fingerprint density at radius 1 is 0.444 bits per heavy atom. The average molecular weight is 1150 g/mol. The molecule has 3 atom stereocenters. The zero-order valence-electron chi connectivity index (χ0n) is 53.5. The summed E-state index contributed by atoms with van der Waals surface area (Å²) >= 11 is 0. The van der Waals surface area contributed by atoms with E-state index in [0.717, 1.165) is 103 Å². The van der Waals surface area contributed by atoms with E-state index < -0.39 is 20.0 Å². The van der Waals surface area contributed by atoms with Crippen LogP contribution in [-0.2, 0) is 18.4 Å². The standard InChI is InChI=1S/C72H129N2O6P/c1-6-8-10-12-14-16-18-20-22-24-26-28-30-31-32-33-34-35-36-37-38-39-40-41-42-43-44-46-48-50-52-54-56-58-60-62-64-66-72(76)73-70(69-80-81(77,78)79-68-67-74(3,4)5)71(75)65-63-61-59-57-55-53-51-49-47-45-29-27-25-23-21-19-17-15-13-11-9-7-2/h8,10,14,16,20,22,26,28,31-32,34-35,37-38,40-41,43-44,70-71,75H,6-7,9,11-13,15,17-19,21,23-25,27,29-30,33,36,39,42,45-69H2,1-5H3,(H-,73,76,77,78)/b10-8-,16-14-,22-20-,28-26-,32-31-,35-34-,38-37-,41-40-,44-43-. The number of rotatable bonds is 61. The summed E-state index contributed by atoms with van der Waals surface area (Å²) in [5, 5.41) is 14.1. The van der Waals surface area contributed by atoms with E-state index in [4.69, 9.17) is 9.05 Å². The zero-order chi connectivity index (χ0) is 59.1. The molecule has 0 saturated heterocycles. The second-order valence-electron chi connectivity index (χ2n) is 23.8. The van der Waals surface area contributed by atoms with E-state index in [2.05, 4.69) is 129 Å². The van der Waals surface area contributed by atoms with Gasteiger partial charge < -0.3 is 28.8 Å². The van der Waals surface area contributed by atoms with Gasteiger partial charge in [-0.3, -0.25) is 9.36 Å². The van der Waals surface area contributed by atoms with Crippen LogP contribution in [0.1, 0.15) is 290 Å². The van der Waals surface area contributed by atoms with Crippen molar-refractivity contribution < 1.29 is 32.9 Å². The number of carbonyl (C=O) groups excluding carboxylic acids is 1. The number of likely N-dealkylation sites (N-methyl/N-ethyl adjacent to an activating group) is 1. The van der Waals surface area contributed by atoms with Gasteiger partial charge in [0.15, 0.2) is 0 Å². The van der Waals surface area contributed by atoms with Crippen LogP contribution in [0.25, 0.3) is 0 Å². The Balaban J connectivity index is 4.12. The second kappa shape index (κ2) is 61.7. The summed E-state index contributed by atoms with van der Waals surface area (Å²) in [5.41, 5.74) is 0. The van der Waals surface area contributed by atoms with Crippen LogP contribution in [0.15, 0.2) is 109 Å². The van der Waals surface area contributed by atoms with Crippen LogP contribution >= 0.6 is 7.82 Å². The summed E-state index contributed by atoms with van der Waals surface area (Å²) in [6.45, 7) is 4.62. The number of carbonyl (C=O) groups is 1. The highest BCUT2D eigenvalue weighted by Gasteiger charge is 2.24. The van der Waals surface area contributed by atoms with Crippen molar-refractivity contribution in [2.45, 2.75) is 302 Å². The minimum absolute atomic E-state index is 0.00669. The Bertz CT molecular complexity index is 1690. The maximum Gasteiger partial charge on any atom is 0.268 e. The zero-order valence-corrected chi connectivity index (χ0v) is 54.4. The summed E-state index contributed by atoms with van der Waals surface area (Å²) in [7, 11) is 1.29. The van der Waals surface area contributed by atoms with Crippen molar-refractivity contribution in [2.75, 3.05) is 40.9 Å². The summed E-state index contributed by atoms with van der Waals surface area (Å²) in [6, 6.07) is -0.812. The lowest BCUT2D eigenvalue weighted by Crippen LogP contribution is -2.46. The van der Waals surface area contributed by atoms with Crippen molar-refractivity contribution >= 4 is 13.7 Å². The number of amides is 1. The third-order valence-corrected chi connectivity index (χ3v) is 15.7. The van der Waals surface area contributed by atoms with Crippen LogP contribution in [-0.4, -0.2) is 68.5 Å². The lowest BCUT2D eigenvalue weighted by atomic mass is 10.0. The molecule has 2 N–H and O–H groups in total. The van der Waals surface area contributed by atoms with Gasteiger partial charge in [-0.1, -0.05) is 309 Å². The van der Waals surface area contributed by atoms with Crippen molar-refractivity contribution in [2.24, 2.45) is 0 Å². The molecule has 468 valence electrons. The van der Waals surface area contributed by atoms with Gasteiger partial charge in [-0.25, -0.2) is 0 Å². The van der Waals surface area contributed by atoms with Gasteiger partial charge in [-0.05, 0) is 83.5 Å². The predicted octanol–water partition coefficient (Wildman–Crippen LogP) is 20.9. The lowest BCUT2D eigenvalue weighted by molar-refractivity contribution is -0.870. The van der Waals surface area contributed by atoms with Gasteiger partial charge in [0.25, 0.3) is 7.82 Å². The largest absolute Gasteiger partial charge is 0.756 e. The number of nitrogens with one attached hydrogen (secondary N) is 1. The van der Waals surface area contributed by atoms with E-state index in [1.807, 2.05) is 21.1 Å². The van der Waals surface area contributed by atoms with E-state index in [-0.39, 0.29) is 19.1 Å². The molecule has 81 heavy (non-hydrogen) atoms. The monoisotopic (exact) mass is 1150 g/mol. The summed E-state index contributed by atoms with van der Waals surface area (Å²) in [6.07, 6.45) is 90.0. The fourth-order valence-corrected chi connectivity index (χ4v) is 10.3. The molecule has 0 aliphatic carbocycles. The fourth-order valence-electron chi connectivity index (χ4n) is 9.56. The number of quaternary nitrogens is 1. The average Bonchev–Trinajstić information content (AvgIpc) is 3.43. The number of phosphoric acid groups is 1. The van der Waals surface area contributed by atoms with E-state index in [9.17, 15) is 19.4 Å². The molecule has 0 saturated carbocycles. The van der Waals surface area contributed by atoms with Crippen LogP contribution in [0.4, 0.5) is 0 Å². The first kappa shape index (κ1) is 78.2. The fraction of sp³-hybridized carbons (Fsp3) is 0.736. The molecular weight excluding hydrogens is 1020 g/mol. The van der Waals surface area contributed by atoms with E-state index in [0.29, 0.717) is 23.9 Å². The van der Waals surface area contributed by atoms with Gasteiger partial charge in [0.2, 0.25) is 5.91 Å². The van der Waals surface area contributed by atoms with Crippen LogP contribution in [0, 0.1) is 0 Å². The molecule has 1 amide bonds. The van der Waals surface area contributed by atoms with Crippen molar-refractivity contribution in [1.82, 2.24) is 5.32 Å². The molecule has 8 nitrogen and oxygen atoms in total. The predicted molar refractivity (Wildman–Crippen MR) is 352 cm³/mol. The molecule has 0 rings (SSSR count). The Kier molecular flexibility index (Phi) is 59.5. The SMILES string of the molecule is CC/C=C\C/C=C\C/C=C\C/C=C\C/C=C\C/C=C\C/C=C\C/C=C\C/C=C\CCCCCCCCCCCC(=O)NC(COP(=O)([O-])OCC[N+](C)(C)C)C(O)CCCCCCCCCCCCCCCCCCCCCCCC. The number of aliphatic hydroxyl groups excluding tert-OH is 1. The lowest BCUT2D eigenvalue weighted by Gasteiger charge is -2.30. The minimum atomic E-state index is -4.59. The number of phosphoric ester groups is 1. The topological polar surface area (TPSA) is 108 Å². The molecule has 0 bridgehead atoms. The first-order chi connectivity index (χ1) is 39.5. The Hall–Kier alpha value is -2.84. The molecule has 9 heteroatoms. The van der Waals surface area contributed by atoms with E-state index in [1.165, 1.54) is 161 Å². The number of hydrogen-bond acceptors (Lipinski definition) is 6. The van der Waals surface area contributed by atoms with Gasteiger partial charge in [0, 0.05) is 6.42 Å². The van der Waals surface area contributed by atoms with Gasteiger partial charge in [-0.15, -0.1) is 0 Å². The quantitative estimate of drug-likeness (QED) is 0.0272. The highest BCUT2D eigenvalue weighted by molar-refractivity contribution is 7.45. The van der Waals surface area contributed by atoms with Gasteiger partial charge in [0.05, 0.1) is 39.9 Å². The van der Waals surface area contributed by atoms with Crippen LogP contribution < -0.4 is 10.2 Å². The van der Waals surface area contributed by atoms with Crippen molar-refractivity contribution in [3.8, 4) is 0 Å². The first-order valence-electron chi connectivity index (χ1n) is 33.7. The molecule has 0 fully saturated rings. The number of hydrogen-bond donors (Lipinski definition) is 2. The van der Waals surface area contributed by atoms with Crippen LogP contribution in [0.5, 0.6) is 0 Å². The number of allylic oxidation sites excluding steroid dienone is 18. The smallest absolute Gasteiger partial charge is 0.268 e. The molecule has 0 aliphatic rings. The van der Waals surface area contributed by atoms with Crippen molar-refractivity contribution in [3.63, 3.8) is 0 Å². The molecule has 0 aromatic rings. The van der Waals surface area contributed by atoms with E-state index >= 15 is 0 Å². The van der Waals surface area contributed by atoms with Crippen molar-refractivity contribution in [1.29, 1.82) is 0 Å². The second-order valence-corrected chi connectivity index (χ2v) is 25.2. The third kappa shape index (κ3) is 64.6. The highest BCUT2D eigenvalue weighted by atomic mass is 31.2. The Morgan fingerprint density at radius 2 is 0.753 bits per heavy atom. The van der Waals surface area contributed by atoms with Gasteiger partial charge >= 0.3 is 0 Å². The molecule has 0 aromatic heterocycles. The van der Waals surface area contributed by atoms with Gasteiger partial charge in [-0.2, -0.15) is 0 Å². The molecule has 0 aromatic carbocycles. The number of unbranched alkanes of at least 4 members (excludes halogenated alkanes) is 30. The number of nitrogens with zero attached hydrogens (tertiary/aromatic N) is 1. The summed E-state index contributed by atoms with van der Waals surface area (Å²) < 4.78 is 23.5. The maximum atomic E-state index is 13.0. The van der Waals surface area contributed by atoms with Crippen LogP contribution in [0.2, 0.25) is 0 Å². The maximum absolute atomic E-state index is 13.0. The molecule has 3 unspecified atom stereocenters. The van der Waals surface area contributed by atoms with Gasteiger partial charge in [0.1, 0.15) is 13.2 Å². The third-order valence-electron chi connectivity index (χ3n) is 14.8. The molecular formula is C72H129N2O6P.